The molecule has 0 radical (unpaired) electrons. The first-order valence-corrected chi connectivity index (χ1v) is 8.29. The van der Waals surface area contributed by atoms with Gasteiger partial charge in [-0.2, -0.15) is 0 Å². The smallest absolute Gasteiger partial charge is 0.234 e. The zero-order chi connectivity index (χ0) is 16.2. The molecule has 5 nitrogen and oxygen atoms in total. The van der Waals surface area contributed by atoms with Crippen LogP contribution >= 0.6 is 11.8 Å². The number of nitrogens with zero attached hydrogens (tertiary/aromatic N) is 2. The first-order valence-electron chi connectivity index (χ1n) is 7.25. The molecular weight excluding hydrogens is 312 g/mol. The van der Waals surface area contributed by atoms with E-state index in [1.807, 2.05) is 41.4 Å². The third-order valence-corrected chi connectivity index (χ3v) is 5.02. The van der Waals surface area contributed by atoms with E-state index in [-0.39, 0.29) is 11.3 Å². The van der Waals surface area contributed by atoms with E-state index in [2.05, 4.69) is 4.98 Å². The van der Waals surface area contributed by atoms with Crippen LogP contribution in [0.5, 0.6) is 11.5 Å². The Morgan fingerprint density at radius 3 is 2.87 bits per heavy atom. The average molecular weight is 330 g/mol. The number of thioether (sulfide) groups is 1. The van der Waals surface area contributed by atoms with Crippen LogP contribution in [-0.4, -0.2) is 35.8 Å². The van der Waals surface area contributed by atoms with E-state index in [0.29, 0.717) is 12.3 Å². The summed E-state index contributed by atoms with van der Waals surface area (Å²) in [5.74, 6) is 2.10. The van der Waals surface area contributed by atoms with Crippen LogP contribution in [0.25, 0.3) is 0 Å². The second-order valence-electron chi connectivity index (χ2n) is 5.15. The molecular formula is C17H18N2O3S. The van der Waals surface area contributed by atoms with Crippen molar-refractivity contribution in [3.8, 4) is 11.5 Å². The summed E-state index contributed by atoms with van der Waals surface area (Å²) in [7, 11) is 3.26. The quantitative estimate of drug-likeness (QED) is 0.844. The number of carbonyl (C=O) groups is 1. The molecule has 0 spiro atoms. The highest BCUT2D eigenvalue weighted by molar-refractivity contribution is 8.00. The molecule has 1 amide bonds. The zero-order valence-corrected chi connectivity index (χ0v) is 13.9. The summed E-state index contributed by atoms with van der Waals surface area (Å²) in [4.78, 5) is 18.4. The van der Waals surface area contributed by atoms with Crippen molar-refractivity contribution in [3.05, 3.63) is 53.9 Å². The fraction of sp³-hybridized carbons (Fsp3) is 0.294. The van der Waals surface area contributed by atoms with Crippen molar-refractivity contribution >= 4 is 17.7 Å². The maximum absolute atomic E-state index is 12.3. The Balaban J connectivity index is 1.89. The molecule has 0 saturated carbocycles. The van der Waals surface area contributed by atoms with Crippen LogP contribution in [0.3, 0.4) is 0 Å². The Morgan fingerprint density at radius 2 is 2.17 bits per heavy atom. The van der Waals surface area contributed by atoms with Gasteiger partial charge in [-0.25, -0.2) is 0 Å². The topological polar surface area (TPSA) is 51.7 Å². The minimum absolute atomic E-state index is 0.0212. The van der Waals surface area contributed by atoms with Crippen molar-refractivity contribution in [1.82, 2.24) is 9.88 Å². The van der Waals surface area contributed by atoms with Crippen molar-refractivity contribution in [3.63, 3.8) is 0 Å². The Labute approximate surface area is 139 Å². The normalized spacial score (nSPS) is 17.4. The number of methoxy groups -OCH3 is 2. The summed E-state index contributed by atoms with van der Waals surface area (Å²) in [6, 6.07) is 9.51. The zero-order valence-electron chi connectivity index (χ0n) is 13.1. The molecule has 2 heterocycles. The van der Waals surface area contributed by atoms with Gasteiger partial charge < -0.3 is 14.4 Å². The second-order valence-corrected chi connectivity index (χ2v) is 6.22. The third kappa shape index (κ3) is 3.27. The van der Waals surface area contributed by atoms with E-state index in [9.17, 15) is 4.79 Å². The van der Waals surface area contributed by atoms with Gasteiger partial charge in [0.1, 0.15) is 16.9 Å². The molecule has 1 atom stereocenters. The van der Waals surface area contributed by atoms with Crippen molar-refractivity contribution in [1.29, 1.82) is 0 Å². The summed E-state index contributed by atoms with van der Waals surface area (Å²) in [5, 5.41) is -0.0212. The van der Waals surface area contributed by atoms with Gasteiger partial charge in [0.15, 0.2) is 0 Å². The molecule has 120 valence electrons. The van der Waals surface area contributed by atoms with Crippen LogP contribution in [0.1, 0.15) is 16.5 Å². The van der Waals surface area contributed by atoms with Crippen LogP contribution in [0.15, 0.2) is 42.7 Å². The van der Waals surface area contributed by atoms with Crippen LogP contribution in [0.4, 0.5) is 0 Å². The van der Waals surface area contributed by atoms with Crippen molar-refractivity contribution in [2.24, 2.45) is 0 Å². The molecule has 1 aliphatic rings. The summed E-state index contributed by atoms with van der Waals surface area (Å²) in [6.07, 6.45) is 3.55. The van der Waals surface area contributed by atoms with E-state index in [0.717, 1.165) is 22.6 Å². The van der Waals surface area contributed by atoms with Crippen LogP contribution < -0.4 is 9.47 Å². The highest BCUT2D eigenvalue weighted by Crippen LogP contribution is 2.40. The van der Waals surface area contributed by atoms with E-state index in [1.54, 1.807) is 32.2 Å². The number of amides is 1. The predicted molar refractivity (Wildman–Crippen MR) is 89.5 cm³/mol. The number of rotatable bonds is 5. The number of hydrogen-bond acceptors (Lipinski definition) is 5. The Kier molecular flexibility index (Phi) is 4.71. The maximum Gasteiger partial charge on any atom is 0.234 e. The molecule has 1 unspecified atom stereocenters. The standard InChI is InChI=1S/C17H18N2O3S/c1-21-14-5-6-15(22-2)13(8-14)10-19-16(20)11-23-17(19)12-4-3-7-18-9-12/h3-9,17H,10-11H2,1-2H3. The average Bonchev–Trinajstić information content (AvgIpc) is 2.96. The Hall–Kier alpha value is -2.21. The predicted octanol–water partition coefficient (Wildman–Crippen LogP) is 2.87. The first kappa shape index (κ1) is 15.7. The van der Waals surface area contributed by atoms with Gasteiger partial charge in [-0.3, -0.25) is 9.78 Å². The van der Waals surface area contributed by atoms with Crippen LogP contribution in [-0.2, 0) is 11.3 Å². The Morgan fingerprint density at radius 1 is 1.30 bits per heavy atom. The van der Waals surface area contributed by atoms with Gasteiger partial charge in [0.2, 0.25) is 5.91 Å². The molecule has 1 saturated heterocycles. The van der Waals surface area contributed by atoms with Crippen molar-refractivity contribution in [2.75, 3.05) is 20.0 Å². The number of carbonyl (C=O) groups excluding carboxylic acids is 1. The lowest BCUT2D eigenvalue weighted by atomic mass is 10.1. The fourth-order valence-electron chi connectivity index (χ4n) is 2.61. The van der Waals surface area contributed by atoms with Crippen molar-refractivity contribution in [2.45, 2.75) is 11.9 Å². The summed E-state index contributed by atoms with van der Waals surface area (Å²) in [5.41, 5.74) is 1.96. The molecule has 1 aromatic heterocycles. The van der Waals surface area contributed by atoms with Gasteiger partial charge in [-0.15, -0.1) is 11.8 Å². The largest absolute Gasteiger partial charge is 0.497 e. The lowest BCUT2D eigenvalue weighted by Gasteiger charge is -2.25. The van der Waals surface area contributed by atoms with Gasteiger partial charge in [-0.1, -0.05) is 6.07 Å². The second kappa shape index (κ2) is 6.91. The highest BCUT2D eigenvalue weighted by atomic mass is 32.2. The van der Waals surface area contributed by atoms with E-state index < -0.39 is 0 Å². The molecule has 23 heavy (non-hydrogen) atoms. The molecule has 0 aliphatic carbocycles. The molecule has 1 aliphatic heterocycles. The van der Waals surface area contributed by atoms with E-state index in [4.69, 9.17) is 9.47 Å². The van der Waals surface area contributed by atoms with Gasteiger partial charge >= 0.3 is 0 Å². The Bertz CT molecular complexity index is 693. The van der Waals surface area contributed by atoms with E-state index in [1.165, 1.54) is 0 Å². The van der Waals surface area contributed by atoms with E-state index >= 15 is 0 Å². The minimum Gasteiger partial charge on any atom is -0.497 e. The van der Waals surface area contributed by atoms with Gasteiger partial charge in [0.05, 0.1) is 26.5 Å². The molecule has 6 heteroatoms. The lowest BCUT2D eigenvalue weighted by Crippen LogP contribution is -2.28. The lowest BCUT2D eigenvalue weighted by molar-refractivity contribution is -0.128. The molecule has 3 rings (SSSR count). The number of pyridine rings is 1. The summed E-state index contributed by atoms with van der Waals surface area (Å²) >= 11 is 1.62. The van der Waals surface area contributed by atoms with Gasteiger partial charge in [0.25, 0.3) is 0 Å². The molecule has 0 N–H and O–H groups in total. The summed E-state index contributed by atoms with van der Waals surface area (Å²) < 4.78 is 10.7. The molecule has 1 fully saturated rings. The van der Waals surface area contributed by atoms with Crippen LogP contribution in [0, 0.1) is 0 Å². The number of benzene rings is 1. The van der Waals surface area contributed by atoms with Crippen LogP contribution in [0.2, 0.25) is 0 Å². The number of hydrogen-bond donors (Lipinski definition) is 0. The minimum atomic E-state index is -0.0212. The van der Waals surface area contributed by atoms with Gasteiger partial charge in [-0.05, 0) is 24.3 Å². The SMILES string of the molecule is COc1ccc(OC)c(CN2C(=O)CSC2c2cccnc2)c1. The highest BCUT2D eigenvalue weighted by Gasteiger charge is 2.33. The molecule has 2 aromatic rings. The van der Waals surface area contributed by atoms with Gasteiger partial charge in [0, 0.05) is 23.5 Å². The number of ether oxygens (including phenoxy) is 2. The first-order chi connectivity index (χ1) is 11.2. The monoisotopic (exact) mass is 330 g/mol. The number of aromatic nitrogens is 1. The molecule has 1 aromatic carbocycles. The third-order valence-electron chi connectivity index (χ3n) is 3.77. The fourth-order valence-corrected chi connectivity index (χ4v) is 3.78. The summed E-state index contributed by atoms with van der Waals surface area (Å²) in [6.45, 7) is 0.478. The molecule has 0 bridgehead atoms. The van der Waals surface area contributed by atoms with Crippen molar-refractivity contribution < 1.29 is 14.3 Å². The maximum atomic E-state index is 12.3.